The zero-order valence-corrected chi connectivity index (χ0v) is 12.2. The fourth-order valence-corrected chi connectivity index (χ4v) is 3.29. The van der Waals surface area contributed by atoms with Crippen LogP contribution in [-0.2, 0) is 6.42 Å². The number of carbonyl (C=O) groups is 1. The molecule has 0 bridgehead atoms. The van der Waals surface area contributed by atoms with Crippen LogP contribution in [0.1, 0.15) is 48.5 Å². The van der Waals surface area contributed by atoms with Crippen LogP contribution >= 0.6 is 0 Å². The van der Waals surface area contributed by atoms with Gasteiger partial charge in [-0.05, 0) is 62.9 Å². The van der Waals surface area contributed by atoms with Crippen LogP contribution < -0.4 is 10.1 Å². The van der Waals surface area contributed by atoms with Crippen LogP contribution in [0.5, 0.6) is 5.75 Å². The largest absolute Gasteiger partial charge is 0.490 e. The highest BCUT2D eigenvalue weighted by Gasteiger charge is 2.22. The van der Waals surface area contributed by atoms with Gasteiger partial charge in [0.15, 0.2) is 5.78 Å². The van der Waals surface area contributed by atoms with Crippen LogP contribution in [0.4, 0.5) is 0 Å². The van der Waals surface area contributed by atoms with Crippen LogP contribution in [0.3, 0.4) is 0 Å². The minimum absolute atomic E-state index is 0.222. The number of fused-ring (bicyclic) bond motifs is 1. The lowest BCUT2D eigenvalue weighted by Crippen LogP contribution is -2.37. The van der Waals surface area contributed by atoms with E-state index >= 15 is 0 Å². The lowest BCUT2D eigenvalue weighted by atomic mass is 9.90. The van der Waals surface area contributed by atoms with E-state index in [4.69, 9.17) is 4.74 Å². The molecular formula is C17H23NO2. The van der Waals surface area contributed by atoms with Gasteiger partial charge >= 0.3 is 0 Å². The van der Waals surface area contributed by atoms with Gasteiger partial charge in [0.1, 0.15) is 5.75 Å². The molecule has 1 fully saturated rings. The molecule has 20 heavy (non-hydrogen) atoms. The van der Waals surface area contributed by atoms with Crippen LogP contribution in [0.25, 0.3) is 0 Å². The Morgan fingerprint density at radius 1 is 1.30 bits per heavy atom. The third kappa shape index (κ3) is 2.88. The SMILES string of the molecule is CC(Oc1ccc2c(c1)CCCC2=O)C1CCCNC1. The van der Waals surface area contributed by atoms with E-state index in [-0.39, 0.29) is 11.9 Å². The molecule has 0 saturated carbocycles. The van der Waals surface area contributed by atoms with Gasteiger partial charge in [-0.1, -0.05) is 0 Å². The van der Waals surface area contributed by atoms with Crippen molar-refractivity contribution >= 4 is 5.78 Å². The lowest BCUT2D eigenvalue weighted by molar-refractivity contribution is 0.0972. The Bertz CT molecular complexity index is 492. The molecule has 3 nitrogen and oxygen atoms in total. The number of ketones is 1. The van der Waals surface area contributed by atoms with Crippen molar-refractivity contribution in [1.29, 1.82) is 0 Å². The summed E-state index contributed by atoms with van der Waals surface area (Å²) in [5, 5.41) is 3.43. The van der Waals surface area contributed by atoms with Gasteiger partial charge in [0, 0.05) is 24.4 Å². The van der Waals surface area contributed by atoms with E-state index in [1.807, 2.05) is 12.1 Å². The van der Waals surface area contributed by atoms with Gasteiger partial charge in [0.05, 0.1) is 6.10 Å². The van der Waals surface area contributed by atoms with E-state index in [0.29, 0.717) is 12.3 Å². The van der Waals surface area contributed by atoms with Crippen LogP contribution in [-0.4, -0.2) is 25.0 Å². The molecule has 0 amide bonds. The minimum Gasteiger partial charge on any atom is -0.490 e. The van der Waals surface area contributed by atoms with Crippen molar-refractivity contribution < 1.29 is 9.53 Å². The molecule has 1 N–H and O–H groups in total. The van der Waals surface area contributed by atoms with Gasteiger partial charge in [-0.2, -0.15) is 0 Å². The quantitative estimate of drug-likeness (QED) is 0.920. The minimum atomic E-state index is 0.222. The van der Waals surface area contributed by atoms with Crippen LogP contribution in [0.2, 0.25) is 0 Å². The van der Waals surface area contributed by atoms with Crippen LogP contribution in [0.15, 0.2) is 18.2 Å². The van der Waals surface area contributed by atoms with E-state index in [1.165, 1.54) is 12.8 Å². The number of Topliss-reactive ketones (excluding diaryl/α,β-unsaturated/α-hetero) is 1. The summed E-state index contributed by atoms with van der Waals surface area (Å²) in [6.45, 7) is 4.33. The Hall–Kier alpha value is -1.35. The first-order valence-electron chi connectivity index (χ1n) is 7.77. The van der Waals surface area contributed by atoms with Gasteiger partial charge in [-0.25, -0.2) is 0 Å². The predicted molar refractivity (Wildman–Crippen MR) is 79.4 cm³/mol. The molecule has 3 rings (SSSR count). The maximum absolute atomic E-state index is 11.8. The van der Waals surface area contributed by atoms with E-state index in [9.17, 15) is 4.79 Å². The Kier molecular flexibility index (Phi) is 4.06. The fraction of sp³-hybridized carbons (Fsp3) is 0.588. The molecular weight excluding hydrogens is 250 g/mol. The number of benzene rings is 1. The molecule has 1 heterocycles. The van der Waals surface area contributed by atoms with Crippen LogP contribution in [0, 0.1) is 5.92 Å². The third-order valence-corrected chi connectivity index (χ3v) is 4.55. The highest BCUT2D eigenvalue weighted by molar-refractivity contribution is 5.98. The molecule has 1 aliphatic carbocycles. The van der Waals surface area contributed by atoms with Crippen molar-refractivity contribution in [3.05, 3.63) is 29.3 Å². The Morgan fingerprint density at radius 3 is 3.00 bits per heavy atom. The molecule has 2 unspecified atom stereocenters. The number of ether oxygens (including phenoxy) is 1. The molecule has 1 saturated heterocycles. The van der Waals surface area contributed by atoms with Gasteiger partial charge in [-0.3, -0.25) is 4.79 Å². The van der Waals surface area contributed by atoms with E-state index in [1.54, 1.807) is 0 Å². The molecule has 2 atom stereocenters. The van der Waals surface area contributed by atoms with Gasteiger partial charge in [0.25, 0.3) is 0 Å². The van der Waals surface area contributed by atoms with Crippen molar-refractivity contribution in [2.45, 2.75) is 45.1 Å². The molecule has 0 spiro atoms. The number of nitrogens with one attached hydrogen (secondary N) is 1. The van der Waals surface area contributed by atoms with Crippen molar-refractivity contribution in [3.8, 4) is 5.75 Å². The first-order chi connectivity index (χ1) is 9.74. The lowest BCUT2D eigenvalue weighted by Gasteiger charge is -2.29. The van der Waals surface area contributed by atoms with Crippen molar-refractivity contribution in [2.24, 2.45) is 5.92 Å². The average molecular weight is 273 g/mol. The standard InChI is InChI=1S/C17H23NO2/c1-12(14-5-3-9-18-11-14)20-15-7-8-16-13(10-15)4-2-6-17(16)19/h7-8,10,12,14,18H,2-6,9,11H2,1H3. The maximum Gasteiger partial charge on any atom is 0.163 e. The molecule has 0 aromatic heterocycles. The number of aryl methyl sites for hydroxylation is 1. The Morgan fingerprint density at radius 2 is 2.20 bits per heavy atom. The van der Waals surface area contributed by atoms with Gasteiger partial charge in [-0.15, -0.1) is 0 Å². The monoisotopic (exact) mass is 273 g/mol. The first kappa shape index (κ1) is 13.6. The smallest absolute Gasteiger partial charge is 0.163 e. The number of hydrogen-bond acceptors (Lipinski definition) is 3. The predicted octanol–water partition coefficient (Wildman–Crippen LogP) is 2.97. The second kappa shape index (κ2) is 5.96. The average Bonchev–Trinajstić information content (AvgIpc) is 2.48. The second-order valence-electron chi connectivity index (χ2n) is 6.03. The second-order valence-corrected chi connectivity index (χ2v) is 6.03. The maximum atomic E-state index is 11.8. The van der Waals surface area contributed by atoms with Gasteiger partial charge in [0.2, 0.25) is 0 Å². The van der Waals surface area contributed by atoms with Crippen molar-refractivity contribution in [3.63, 3.8) is 0 Å². The summed E-state index contributed by atoms with van der Waals surface area (Å²) in [5.74, 6) is 1.78. The zero-order valence-electron chi connectivity index (χ0n) is 12.2. The number of hydrogen-bond donors (Lipinski definition) is 1. The normalized spacial score (nSPS) is 24.1. The topological polar surface area (TPSA) is 38.3 Å². The number of rotatable bonds is 3. The van der Waals surface area contributed by atoms with Crippen molar-refractivity contribution in [2.75, 3.05) is 13.1 Å². The first-order valence-corrected chi connectivity index (χ1v) is 7.77. The number of piperidine rings is 1. The molecule has 1 aromatic rings. The highest BCUT2D eigenvalue weighted by atomic mass is 16.5. The molecule has 1 aliphatic heterocycles. The summed E-state index contributed by atoms with van der Waals surface area (Å²) in [6, 6.07) is 5.96. The Labute approximate surface area is 120 Å². The van der Waals surface area contributed by atoms with E-state index in [2.05, 4.69) is 18.3 Å². The molecule has 0 radical (unpaired) electrons. The van der Waals surface area contributed by atoms with Gasteiger partial charge < -0.3 is 10.1 Å². The fourth-order valence-electron chi connectivity index (χ4n) is 3.29. The molecule has 108 valence electrons. The summed E-state index contributed by atoms with van der Waals surface area (Å²) in [6.07, 6.45) is 5.35. The summed E-state index contributed by atoms with van der Waals surface area (Å²) in [7, 11) is 0. The van der Waals surface area contributed by atoms with Crippen molar-refractivity contribution in [1.82, 2.24) is 5.32 Å². The molecule has 3 heteroatoms. The molecule has 2 aliphatic rings. The molecule has 1 aromatic carbocycles. The third-order valence-electron chi connectivity index (χ3n) is 4.55. The number of carbonyl (C=O) groups excluding carboxylic acids is 1. The summed E-state index contributed by atoms with van der Waals surface area (Å²) in [4.78, 5) is 11.8. The summed E-state index contributed by atoms with van der Waals surface area (Å²) >= 11 is 0. The highest BCUT2D eigenvalue weighted by Crippen LogP contribution is 2.27. The zero-order chi connectivity index (χ0) is 13.9. The summed E-state index contributed by atoms with van der Waals surface area (Å²) in [5.41, 5.74) is 2.06. The van der Waals surface area contributed by atoms with E-state index < -0.39 is 0 Å². The summed E-state index contributed by atoms with van der Waals surface area (Å²) < 4.78 is 6.10. The van der Waals surface area contributed by atoms with E-state index in [0.717, 1.165) is 42.8 Å². The Balaban J connectivity index is 1.69.